The molecule has 0 heterocycles. The fraction of sp³-hybridized carbons (Fsp3) is 0.833. The second kappa shape index (κ2) is 5.81. The molecule has 1 aliphatic rings. The van der Waals surface area contributed by atoms with Crippen LogP contribution in [-0.2, 0) is 9.59 Å². The zero-order valence-corrected chi connectivity index (χ0v) is 11.1. The van der Waals surface area contributed by atoms with Gasteiger partial charge in [-0.2, -0.15) is 8.78 Å². The van der Waals surface area contributed by atoms with Crippen molar-refractivity contribution in [3.05, 3.63) is 0 Å². The molecule has 0 saturated heterocycles. The van der Waals surface area contributed by atoms with E-state index in [-0.39, 0.29) is 19.3 Å². The second-order valence-electron chi connectivity index (χ2n) is 5.39. The topological polar surface area (TPSA) is 78.4 Å². The molecule has 0 spiro atoms. The van der Waals surface area contributed by atoms with Gasteiger partial charge in [-0.15, -0.1) is 0 Å². The fourth-order valence-corrected chi connectivity index (χ4v) is 1.72. The van der Waals surface area contributed by atoms with Crippen LogP contribution in [0.4, 0.5) is 8.78 Å². The second-order valence-corrected chi connectivity index (χ2v) is 5.39. The quantitative estimate of drug-likeness (QED) is 0.659. The van der Waals surface area contributed by atoms with Gasteiger partial charge in [0.25, 0.3) is 0 Å². The van der Waals surface area contributed by atoms with Crippen LogP contribution in [0, 0.1) is 5.92 Å². The van der Waals surface area contributed by atoms with Crippen LogP contribution >= 0.6 is 0 Å². The van der Waals surface area contributed by atoms with Gasteiger partial charge in [0.15, 0.2) is 0 Å². The lowest BCUT2D eigenvalue weighted by atomic mass is 9.75. The van der Waals surface area contributed by atoms with Crippen LogP contribution < -0.4 is 10.9 Å². The average Bonchev–Trinajstić information content (AvgIpc) is 2.29. The molecule has 0 unspecified atom stereocenters. The first kappa shape index (κ1) is 15.8. The van der Waals surface area contributed by atoms with E-state index >= 15 is 0 Å². The first-order valence-corrected chi connectivity index (χ1v) is 6.38. The maximum atomic E-state index is 13.6. The molecule has 1 rings (SSSR count). The third kappa shape index (κ3) is 3.62. The van der Waals surface area contributed by atoms with Crippen molar-refractivity contribution in [1.82, 2.24) is 10.9 Å². The average molecular weight is 278 g/mol. The smallest absolute Gasteiger partial charge is 0.354 e. The van der Waals surface area contributed by atoms with Gasteiger partial charge in [0.2, 0.25) is 5.91 Å². The zero-order chi connectivity index (χ0) is 14.7. The number of hydrazine groups is 1. The predicted octanol–water partition coefficient (Wildman–Crippen LogP) is 1.12. The van der Waals surface area contributed by atoms with Crippen LogP contribution in [0.5, 0.6) is 0 Å². The van der Waals surface area contributed by atoms with Crippen LogP contribution in [-0.4, -0.2) is 28.4 Å². The van der Waals surface area contributed by atoms with E-state index in [1.807, 2.05) is 19.3 Å². The van der Waals surface area contributed by atoms with Crippen LogP contribution in [0.1, 0.15) is 46.0 Å². The normalized spacial score (nSPS) is 17.8. The number of alkyl halides is 2. The Bertz CT molecular complexity index is 355. The summed E-state index contributed by atoms with van der Waals surface area (Å²) in [6.45, 7) is 3.85. The highest BCUT2D eigenvalue weighted by atomic mass is 19.3. The van der Waals surface area contributed by atoms with E-state index in [9.17, 15) is 23.5 Å². The Morgan fingerprint density at radius 2 is 1.89 bits per heavy atom. The standard InChI is InChI=1S/C12H20F2N2O3/c1-8(2)4-5-9(17)15-16-10(18)12(13,14)11(19)6-3-7-11/h8,19H,3-7H2,1-2H3,(H,15,17)(H,16,18). The minimum absolute atomic E-state index is 0.116. The third-order valence-electron chi connectivity index (χ3n) is 3.31. The number of nitrogens with one attached hydrogen (secondary N) is 2. The minimum atomic E-state index is -3.89. The number of carbonyl (C=O) groups is 2. The van der Waals surface area contributed by atoms with Crippen molar-refractivity contribution in [3.8, 4) is 0 Å². The summed E-state index contributed by atoms with van der Waals surface area (Å²) < 4.78 is 27.2. The van der Waals surface area contributed by atoms with Crippen LogP contribution in [0.25, 0.3) is 0 Å². The third-order valence-corrected chi connectivity index (χ3v) is 3.31. The fourth-order valence-electron chi connectivity index (χ4n) is 1.72. The monoisotopic (exact) mass is 278 g/mol. The molecule has 0 aromatic carbocycles. The van der Waals surface area contributed by atoms with E-state index < -0.39 is 23.3 Å². The number of aliphatic hydroxyl groups is 1. The van der Waals surface area contributed by atoms with Gasteiger partial charge in [-0.3, -0.25) is 20.4 Å². The first-order valence-electron chi connectivity index (χ1n) is 6.38. The van der Waals surface area contributed by atoms with Gasteiger partial charge >= 0.3 is 11.8 Å². The molecule has 19 heavy (non-hydrogen) atoms. The maximum absolute atomic E-state index is 13.6. The number of rotatable bonds is 5. The Balaban J connectivity index is 2.40. The molecule has 0 aliphatic heterocycles. The van der Waals surface area contributed by atoms with E-state index in [0.717, 1.165) is 0 Å². The predicted molar refractivity (Wildman–Crippen MR) is 64.1 cm³/mol. The molecule has 1 fully saturated rings. The van der Waals surface area contributed by atoms with E-state index in [0.29, 0.717) is 18.8 Å². The molecule has 0 aromatic rings. The lowest BCUT2D eigenvalue weighted by Gasteiger charge is -2.41. The molecule has 0 radical (unpaired) electrons. The molecule has 110 valence electrons. The zero-order valence-electron chi connectivity index (χ0n) is 11.1. The summed E-state index contributed by atoms with van der Waals surface area (Å²) >= 11 is 0. The van der Waals surface area contributed by atoms with Crippen molar-refractivity contribution >= 4 is 11.8 Å². The number of halogens is 2. The summed E-state index contributed by atoms with van der Waals surface area (Å²) in [5.74, 6) is -5.79. The lowest BCUT2D eigenvalue weighted by molar-refractivity contribution is -0.216. The van der Waals surface area contributed by atoms with E-state index in [1.54, 1.807) is 5.43 Å². The van der Waals surface area contributed by atoms with Crippen molar-refractivity contribution < 1.29 is 23.5 Å². The lowest BCUT2D eigenvalue weighted by Crippen LogP contribution is -2.62. The molecule has 3 N–H and O–H groups in total. The molecular formula is C12H20F2N2O3. The highest BCUT2D eigenvalue weighted by Crippen LogP contribution is 2.44. The van der Waals surface area contributed by atoms with E-state index in [1.165, 1.54) is 0 Å². The summed E-state index contributed by atoms with van der Waals surface area (Å²) in [4.78, 5) is 22.6. The molecule has 2 amide bonds. The summed E-state index contributed by atoms with van der Waals surface area (Å²) in [7, 11) is 0. The van der Waals surface area contributed by atoms with Crippen molar-refractivity contribution in [2.24, 2.45) is 5.92 Å². The molecule has 5 nitrogen and oxygen atoms in total. The largest absolute Gasteiger partial charge is 0.383 e. The number of hydrogen-bond acceptors (Lipinski definition) is 3. The van der Waals surface area contributed by atoms with Gasteiger partial charge in [-0.05, 0) is 31.6 Å². The Morgan fingerprint density at radius 1 is 1.32 bits per heavy atom. The molecule has 0 atom stereocenters. The van der Waals surface area contributed by atoms with E-state index in [4.69, 9.17) is 0 Å². The molecule has 1 saturated carbocycles. The van der Waals surface area contributed by atoms with Crippen molar-refractivity contribution in [3.63, 3.8) is 0 Å². The van der Waals surface area contributed by atoms with Crippen LogP contribution in [0.15, 0.2) is 0 Å². The molecule has 0 bridgehead atoms. The van der Waals surface area contributed by atoms with Crippen LogP contribution in [0.2, 0.25) is 0 Å². The number of carbonyl (C=O) groups excluding carboxylic acids is 2. The van der Waals surface area contributed by atoms with Crippen molar-refractivity contribution in [2.75, 3.05) is 0 Å². The highest BCUT2D eigenvalue weighted by Gasteiger charge is 2.61. The Kier molecular flexibility index (Phi) is 4.84. The Morgan fingerprint density at radius 3 is 2.32 bits per heavy atom. The SMILES string of the molecule is CC(C)CCC(=O)NNC(=O)C(F)(F)C1(O)CCC1. The molecule has 0 aromatic heterocycles. The van der Waals surface area contributed by atoms with Gasteiger partial charge in [0, 0.05) is 6.42 Å². The van der Waals surface area contributed by atoms with Crippen LogP contribution in [0.3, 0.4) is 0 Å². The number of amides is 2. The van der Waals surface area contributed by atoms with Gasteiger partial charge < -0.3 is 5.11 Å². The van der Waals surface area contributed by atoms with Crippen molar-refractivity contribution in [2.45, 2.75) is 57.5 Å². The minimum Gasteiger partial charge on any atom is -0.383 e. The summed E-state index contributed by atoms with van der Waals surface area (Å²) in [6.07, 6.45) is 0.972. The Labute approximate surface area is 110 Å². The summed E-state index contributed by atoms with van der Waals surface area (Å²) in [6, 6.07) is 0. The van der Waals surface area contributed by atoms with Gasteiger partial charge in [-0.25, -0.2) is 0 Å². The first-order chi connectivity index (χ1) is 8.69. The van der Waals surface area contributed by atoms with Gasteiger partial charge in [-0.1, -0.05) is 13.8 Å². The summed E-state index contributed by atoms with van der Waals surface area (Å²) in [5, 5.41) is 9.53. The molecular weight excluding hydrogens is 258 g/mol. The summed E-state index contributed by atoms with van der Waals surface area (Å²) in [5.41, 5.74) is 1.33. The number of hydrogen-bond donors (Lipinski definition) is 3. The Hall–Kier alpha value is -1.24. The molecule has 7 heteroatoms. The van der Waals surface area contributed by atoms with Gasteiger partial charge in [0.05, 0.1) is 0 Å². The maximum Gasteiger partial charge on any atom is 0.354 e. The van der Waals surface area contributed by atoms with Crippen molar-refractivity contribution in [1.29, 1.82) is 0 Å². The van der Waals surface area contributed by atoms with Gasteiger partial charge in [0.1, 0.15) is 5.60 Å². The molecule has 1 aliphatic carbocycles. The highest BCUT2D eigenvalue weighted by molar-refractivity contribution is 5.87. The van der Waals surface area contributed by atoms with E-state index in [2.05, 4.69) is 0 Å².